The van der Waals surface area contributed by atoms with Crippen LogP contribution in [-0.2, 0) is 66.7 Å². The summed E-state index contributed by atoms with van der Waals surface area (Å²) >= 11 is 0. The summed E-state index contributed by atoms with van der Waals surface area (Å²) in [6.07, 6.45) is 11.8. The number of benzene rings is 10. The second kappa shape index (κ2) is 41.9. The Bertz CT molecular complexity index is 3920. The van der Waals surface area contributed by atoms with E-state index in [1.54, 1.807) is 0 Å². The highest BCUT2D eigenvalue weighted by Gasteiger charge is 2.60. The van der Waals surface area contributed by atoms with Crippen LogP contribution in [0.15, 0.2) is 341 Å². The van der Waals surface area contributed by atoms with Gasteiger partial charge in [-0.15, -0.1) is 0 Å². The summed E-state index contributed by atoms with van der Waals surface area (Å²) < 4.78 is 89.0. The minimum atomic E-state index is -3.43. The number of aryl methyl sites for hydroxylation is 1. The Kier molecular flexibility index (Phi) is 32.9. The monoisotopic (exact) mass is 1590 g/mol. The van der Waals surface area contributed by atoms with Crippen LogP contribution in [0.2, 0.25) is 0 Å². The number of esters is 3. The fraction of sp³-hybridized carbons (Fsp3) is 0.323. The molecule has 0 aromatic heterocycles. The number of methoxy groups -OCH3 is 1. The fourth-order valence-electron chi connectivity index (χ4n) is 17.5. The average Bonchev–Trinajstić information content (AvgIpc) is 0.737. The van der Waals surface area contributed by atoms with Gasteiger partial charge in [-0.1, -0.05) is 194 Å². The number of hydrogen-bond donors (Lipinski definition) is 1. The maximum absolute atomic E-state index is 13.2. The molecule has 8 aliphatic carbocycles. The molecule has 114 heavy (non-hydrogen) atoms. The molecule has 10 aromatic carbocycles. The van der Waals surface area contributed by atoms with Crippen molar-refractivity contribution < 1.29 is 60.0 Å². The second-order valence-corrected chi connectivity index (χ2v) is 36.7. The third-order valence-electron chi connectivity index (χ3n) is 21.1. The fourth-order valence-corrected chi connectivity index (χ4v) is 23.9. The van der Waals surface area contributed by atoms with Gasteiger partial charge < -0.3 is 19.3 Å². The summed E-state index contributed by atoms with van der Waals surface area (Å²) in [5.74, 6) is -12.3. The standard InChI is InChI=1S/C21H26F2O2.3C18H15S.C14H20F2O3.C4H6F2O2.B3H2.B2H2/c1-14-3-5-17(6-4-14)21-10-15-7-16(11-21)9-20(8-15,12-21)13-25-18(24)19(2,22)23;3*1-4-10-16(11-5-1)19(17-12-6-2-7-13-17)18-14-8-3-9-15-18;1-12(15,16)11(17)19-8-13-3-9-2-10(4-13)6-14(18,5-9)7-13;1-4(5,6)3(7)8-2;1-3-2;1-2/h3-6,15-16H,7-13H2,1-2H3;3*1-15H;9-10,18H,2-8H2,1H3;1-2H3;1-2H;1-2H/q;3*+1;;;;. The summed E-state index contributed by atoms with van der Waals surface area (Å²) in [6.45, 7) is 3.93. The number of halogens is 6. The van der Waals surface area contributed by atoms with E-state index < -0.39 is 41.3 Å². The lowest BCUT2D eigenvalue weighted by molar-refractivity contribution is -0.197. The van der Waals surface area contributed by atoms with Gasteiger partial charge in [0.2, 0.25) is 0 Å². The van der Waals surface area contributed by atoms with E-state index in [2.05, 4.69) is 340 Å². The van der Waals surface area contributed by atoms with Crippen molar-refractivity contribution in [1.82, 2.24) is 0 Å². The summed E-state index contributed by atoms with van der Waals surface area (Å²) in [5.41, 5.74) is 1.74. The van der Waals surface area contributed by atoms with E-state index in [1.165, 1.54) is 81.5 Å². The number of ether oxygens (including phenoxy) is 3. The molecule has 1 N–H and O–H groups in total. The van der Waals surface area contributed by atoms with Crippen molar-refractivity contribution in [3.8, 4) is 0 Å². The second-order valence-electron chi connectivity index (χ2n) is 30.6. The largest absolute Gasteiger partial charge is 0.465 e. The quantitative estimate of drug-likeness (QED) is 0.0319. The van der Waals surface area contributed by atoms with Crippen molar-refractivity contribution in [3.63, 3.8) is 0 Å². The Morgan fingerprint density at radius 1 is 0.377 bits per heavy atom. The molecule has 0 saturated heterocycles. The van der Waals surface area contributed by atoms with Gasteiger partial charge in [0, 0.05) is 69.6 Å². The highest BCUT2D eigenvalue weighted by molar-refractivity contribution is 7.97. The lowest BCUT2D eigenvalue weighted by Gasteiger charge is -2.62. The van der Waals surface area contributed by atoms with E-state index in [4.69, 9.17) is 9.47 Å². The molecular weight excluding hydrogens is 1490 g/mol. The molecule has 4 atom stereocenters. The molecule has 8 fully saturated rings. The molecular formula is C93H101B5F6O7S3+3. The highest BCUT2D eigenvalue weighted by Crippen LogP contribution is 2.66. The van der Waals surface area contributed by atoms with Crippen LogP contribution < -0.4 is 0 Å². The number of alkyl halides is 6. The first-order valence-corrected chi connectivity index (χ1v) is 42.3. The molecule has 5 radical (unpaired) electrons. The first kappa shape index (κ1) is 89.5. The van der Waals surface area contributed by atoms with Gasteiger partial charge in [0.05, 0.1) is 58.6 Å². The molecule has 8 aliphatic rings. The van der Waals surface area contributed by atoms with Crippen LogP contribution in [-0.4, -0.2) is 105 Å². The van der Waals surface area contributed by atoms with Crippen molar-refractivity contribution >= 4 is 88.6 Å². The minimum absolute atomic E-state index is 0.0146. The predicted molar refractivity (Wildman–Crippen MR) is 457 cm³/mol. The van der Waals surface area contributed by atoms with Gasteiger partial charge in [-0.3, -0.25) is 0 Å². The van der Waals surface area contributed by atoms with Crippen molar-refractivity contribution in [2.75, 3.05) is 20.3 Å². The molecule has 0 amide bonds. The molecule has 0 heterocycles. The zero-order valence-corrected chi connectivity index (χ0v) is 68.2. The predicted octanol–water partition coefficient (Wildman–Crippen LogP) is 19.7. The average molecular weight is 1600 g/mol. The Morgan fingerprint density at radius 3 is 0.798 bits per heavy atom. The SMILES string of the molecule is CC(F)(F)C(=O)OCC12CC3CC(CC(O)(C3)C1)C2.COC(=O)C(C)(F)F.Cc1ccc(C23CC4CC(CC(COC(=O)C(C)(F)F)(C4)C2)C3)cc1.[BH][BH].[BH][B][BH].c1ccc([S+](c2ccccc2)c2ccccc2)cc1.c1ccc([S+](c2ccccc2)c2ccccc2)cc1.c1ccc([S+](c2ccccc2)c2ccccc2)cc1. The highest BCUT2D eigenvalue weighted by atomic mass is 32.2. The molecule has 0 aliphatic heterocycles. The molecule has 4 unspecified atom stereocenters. The normalized spacial score (nSPS) is 21.6. The Labute approximate surface area is 684 Å². The summed E-state index contributed by atoms with van der Waals surface area (Å²) in [5, 5.41) is 10.5. The van der Waals surface area contributed by atoms with Gasteiger partial charge in [-0.25, -0.2) is 14.4 Å². The van der Waals surface area contributed by atoms with Crippen LogP contribution in [0.4, 0.5) is 26.3 Å². The molecule has 10 aromatic rings. The lowest BCUT2D eigenvalue weighted by Crippen LogP contribution is -2.57. The van der Waals surface area contributed by atoms with Crippen molar-refractivity contribution in [3.05, 3.63) is 308 Å². The van der Waals surface area contributed by atoms with Crippen LogP contribution in [0.3, 0.4) is 0 Å². The van der Waals surface area contributed by atoms with Gasteiger partial charge in [-0.2, -0.15) is 26.3 Å². The van der Waals surface area contributed by atoms with Crippen LogP contribution in [0.1, 0.15) is 109 Å². The Balaban J connectivity index is 0.000000158. The third kappa shape index (κ3) is 25.3. The van der Waals surface area contributed by atoms with Crippen LogP contribution in [0.25, 0.3) is 0 Å². The topological polar surface area (TPSA) is 99.1 Å². The first-order valence-electron chi connectivity index (χ1n) is 38.6. The van der Waals surface area contributed by atoms with E-state index in [0.717, 1.165) is 58.5 Å². The summed E-state index contributed by atoms with van der Waals surface area (Å²) in [7, 11) is 14.9. The smallest absolute Gasteiger partial charge is 0.376 e. The van der Waals surface area contributed by atoms with E-state index in [0.29, 0.717) is 50.9 Å². The molecule has 8 bridgehead atoms. The van der Waals surface area contributed by atoms with Crippen LogP contribution in [0.5, 0.6) is 0 Å². The maximum atomic E-state index is 13.2. The van der Waals surface area contributed by atoms with Crippen LogP contribution in [0, 0.1) is 41.4 Å². The third-order valence-corrected chi connectivity index (χ3v) is 27.8. The van der Waals surface area contributed by atoms with Gasteiger partial charge in [0.15, 0.2) is 44.1 Å². The Morgan fingerprint density at radius 2 is 0.596 bits per heavy atom. The first-order chi connectivity index (χ1) is 54.6. The molecule has 8 saturated carbocycles. The van der Waals surface area contributed by atoms with Gasteiger partial charge in [-0.05, 0) is 228 Å². The number of aliphatic hydroxyl groups is 1. The number of hydrogen-bond acceptors (Lipinski definition) is 7. The lowest BCUT2D eigenvalue weighted by atomic mass is 9.40. The molecule has 7 nitrogen and oxygen atoms in total. The van der Waals surface area contributed by atoms with Gasteiger partial charge in [0.25, 0.3) is 0 Å². The van der Waals surface area contributed by atoms with Gasteiger partial charge >= 0.3 is 35.7 Å². The zero-order chi connectivity index (χ0) is 82.0. The Hall–Kier alpha value is -8.48. The number of rotatable bonds is 17. The molecule has 0 spiro atoms. The maximum Gasteiger partial charge on any atom is 0.376 e. The van der Waals surface area contributed by atoms with Crippen LogP contribution >= 0.6 is 0 Å². The summed E-state index contributed by atoms with van der Waals surface area (Å²) in [6, 6.07) is 105. The van der Waals surface area contributed by atoms with E-state index >= 15 is 0 Å². The number of carbonyl (C=O) groups excluding carboxylic acids is 3. The van der Waals surface area contributed by atoms with Gasteiger partial charge in [0.1, 0.15) is 0 Å². The van der Waals surface area contributed by atoms with Crippen molar-refractivity contribution in [2.24, 2.45) is 34.5 Å². The van der Waals surface area contributed by atoms with E-state index in [-0.39, 0.29) is 62.1 Å². The zero-order valence-electron chi connectivity index (χ0n) is 65.8. The van der Waals surface area contributed by atoms with E-state index in [1.807, 2.05) is 0 Å². The molecule has 587 valence electrons. The van der Waals surface area contributed by atoms with Crippen molar-refractivity contribution in [2.45, 2.75) is 178 Å². The number of carbonyl (C=O) groups is 3. The van der Waals surface area contributed by atoms with Crippen molar-refractivity contribution in [1.29, 1.82) is 0 Å². The molecule has 18 rings (SSSR count). The summed E-state index contributed by atoms with van der Waals surface area (Å²) in [4.78, 5) is 44.9. The molecule has 21 heteroatoms. The minimum Gasteiger partial charge on any atom is -0.465 e. The van der Waals surface area contributed by atoms with E-state index in [9.17, 15) is 45.8 Å².